The Morgan fingerprint density at radius 1 is 1.00 bits per heavy atom. The first-order chi connectivity index (χ1) is 13.2. The number of hydroxylamine groups is 1. The van der Waals surface area contributed by atoms with Crippen LogP contribution in [0.3, 0.4) is 0 Å². The number of methoxy groups -OCH3 is 1. The Morgan fingerprint density at radius 3 is 2.22 bits per heavy atom. The van der Waals surface area contributed by atoms with Crippen molar-refractivity contribution in [2.24, 2.45) is 0 Å². The monoisotopic (exact) mass is 369 g/mol. The van der Waals surface area contributed by atoms with Gasteiger partial charge in [-0.05, 0) is 41.8 Å². The van der Waals surface area contributed by atoms with Crippen LogP contribution in [0.1, 0.15) is 17.5 Å². The Bertz CT molecular complexity index is 723. The van der Waals surface area contributed by atoms with Gasteiger partial charge in [0.25, 0.3) is 0 Å². The van der Waals surface area contributed by atoms with Gasteiger partial charge in [0.05, 0.1) is 7.11 Å². The van der Waals surface area contributed by atoms with Crippen LogP contribution in [0.5, 0.6) is 5.75 Å². The highest BCUT2D eigenvalue weighted by Crippen LogP contribution is 2.21. The molecule has 0 spiro atoms. The lowest BCUT2D eigenvalue weighted by Crippen LogP contribution is -2.45. The van der Waals surface area contributed by atoms with E-state index in [-0.39, 0.29) is 5.91 Å². The second kappa shape index (κ2) is 9.39. The standard InChI is InChI=1S/C21H27N3O3/c1-27-20-9-7-19(8-10-20)24-14-12-23(13-15-24)16-18-4-2-17(3-5-18)6-11-21(25)22-26/h2-5,7-10,26H,6,11-16H2,1H3,(H,22,25). The lowest BCUT2D eigenvalue weighted by atomic mass is 10.1. The van der Waals surface area contributed by atoms with Crippen molar-refractivity contribution in [3.8, 4) is 5.75 Å². The molecule has 6 nitrogen and oxygen atoms in total. The van der Waals surface area contributed by atoms with E-state index in [2.05, 4.69) is 46.2 Å². The van der Waals surface area contributed by atoms with Crippen LogP contribution in [-0.4, -0.2) is 49.3 Å². The summed E-state index contributed by atoms with van der Waals surface area (Å²) < 4.78 is 5.22. The Balaban J connectivity index is 1.46. The van der Waals surface area contributed by atoms with Crippen LogP contribution >= 0.6 is 0 Å². The van der Waals surface area contributed by atoms with Crippen molar-refractivity contribution in [2.75, 3.05) is 38.2 Å². The van der Waals surface area contributed by atoms with Crippen molar-refractivity contribution < 1.29 is 14.7 Å². The van der Waals surface area contributed by atoms with Crippen LogP contribution in [0, 0.1) is 0 Å². The zero-order valence-electron chi connectivity index (χ0n) is 15.7. The maximum absolute atomic E-state index is 11.1. The summed E-state index contributed by atoms with van der Waals surface area (Å²) in [6, 6.07) is 16.6. The minimum Gasteiger partial charge on any atom is -0.497 e. The SMILES string of the molecule is COc1ccc(N2CCN(Cc3ccc(CCC(=O)NO)cc3)CC2)cc1. The van der Waals surface area contributed by atoms with Crippen LogP contribution < -0.4 is 15.1 Å². The molecule has 1 amide bonds. The highest BCUT2D eigenvalue weighted by molar-refractivity contribution is 5.74. The molecule has 1 heterocycles. The Morgan fingerprint density at radius 2 is 1.63 bits per heavy atom. The number of benzene rings is 2. The van der Waals surface area contributed by atoms with E-state index in [0.717, 1.165) is 44.0 Å². The molecule has 2 N–H and O–H groups in total. The molecular weight excluding hydrogens is 342 g/mol. The van der Waals surface area contributed by atoms with Crippen LogP contribution in [0.4, 0.5) is 5.69 Å². The number of carbonyl (C=O) groups is 1. The number of piperazine rings is 1. The zero-order chi connectivity index (χ0) is 19.1. The average Bonchev–Trinajstić information content (AvgIpc) is 2.73. The molecule has 144 valence electrons. The first-order valence-electron chi connectivity index (χ1n) is 9.30. The molecule has 27 heavy (non-hydrogen) atoms. The third-order valence-corrected chi connectivity index (χ3v) is 5.00. The van der Waals surface area contributed by atoms with E-state index in [9.17, 15) is 4.79 Å². The molecule has 0 bridgehead atoms. The summed E-state index contributed by atoms with van der Waals surface area (Å²) in [5, 5.41) is 8.54. The molecule has 0 aliphatic carbocycles. The minimum absolute atomic E-state index is 0.295. The summed E-state index contributed by atoms with van der Waals surface area (Å²) in [6.45, 7) is 5.03. The van der Waals surface area contributed by atoms with Gasteiger partial charge in [-0.25, -0.2) is 5.48 Å². The van der Waals surface area contributed by atoms with Gasteiger partial charge in [0.15, 0.2) is 0 Å². The third kappa shape index (κ3) is 5.45. The number of rotatable bonds is 7. The molecule has 1 fully saturated rings. The fourth-order valence-corrected chi connectivity index (χ4v) is 3.34. The number of carbonyl (C=O) groups excluding carboxylic acids is 1. The maximum Gasteiger partial charge on any atom is 0.243 e. The van der Waals surface area contributed by atoms with Crippen LogP contribution in [0.25, 0.3) is 0 Å². The molecular formula is C21H27N3O3. The summed E-state index contributed by atoms with van der Waals surface area (Å²) in [5.74, 6) is 0.534. The lowest BCUT2D eigenvalue weighted by molar-refractivity contribution is -0.129. The van der Waals surface area contributed by atoms with Gasteiger partial charge in [0.1, 0.15) is 5.75 Å². The highest BCUT2D eigenvalue weighted by atomic mass is 16.5. The number of anilines is 1. The molecule has 1 aliphatic heterocycles. The molecule has 3 rings (SSSR count). The van der Waals surface area contributed by atoms with Gasteiger partial charge in [0.2, 0.25) is 5.91 Å². The predicted octanol–water partition coefficient (Wildman–Crippen LogP) is 2.46. The van der Waals surface area contributed by atoms with E-state index in [0.29, 0.717) is 12.8 Å². The number of ether oxygens (including phenoxy) is 1. The second-order valence-corrected chi connectivity index (χ2v) is 6.81. The van der Waals surface area contributed by atoms with Gasteiger partial charge in [-0.2, -0.15) is 0 Å². The molecule has 2 aromatic rings. The normalized spacial score (nSPS) is 14.8. The second-order valence-electron chi connectivity index (χ2n) is 6.81. The number of amides is 1. The average molecular weight is 369 g/mol. The van der Waals surface area contributed by atoms with Gasteiger partial charge in [0, 0.05) is 44.8 Å². The van der Waals surface area contributed by atoms with Crippen LogP contribution in [-0.2, 0) is 17.8 Å². The predicted molar refractivity (Wildman–Crippen MR) is 105 cm³/mol. The maximum atomic E-state index is 11.1. The van der Waals surface area contributed by atoms with Gasteiger partial charge in [-0.3, -0.25) is 14.9 Å². The summed E-state index contributed by atoms with van der Waals surface area (Å²) >= 11 is 0. The number of hydrogen-bond acceptors (Lipinski definition) is 5. The zero-order valence-corrected chi connectivity index (χ0v) is 15.7. The minimum atomic E-state index is -0.353. The number of aryl methyl sites for hydroxylation is 1. The van der Waals surface area contributed by atoms with E-state index in [1.165, 1.54) is 11.3 Å². The van der Waals surface area contributed by atoms with Crippen molar-refractivity contribution in [2.45, 2.75) is 19.4 Å². The Labute approximate surface area is 160 Å². The molecule has 0 aromatic heterocycles. The van der Waals surface area contributed by atoms with Crippen molar-refractivity contribution in [3.05, 3.63) is 59.7 Å². The van der Waals surface area contributed by atoms with Gasteiger partial charge in [-0.15, -0.1) is 0 Å². The van der Waals surface area contributed by atoms with Crippen molar-refractivity contribution in [1.82, 2.24) is 10.4 Å². The van der Waals surface area contributed by atoms with Crippen molar-refractivity contribution >= 4 is 11.6 Å². The van der Waals surface area contributed by atoms with Gasteiger partial charge < -0.3 is 9.64 Å². The van der Waals surface area contributed by atoms with E-state index in [1.807, 2.05) is 12.1 Å². The topological polar surface area (TPSA) is 65.0 Å². The van der Waals surface area contributed by atoms with E-state index >= 15 is 0 Å². The Kier molecular flexibility index (Phi) is 6.68. The molecule has 0 atom stereocenters. The van der Waals surface area contributed by atoms with E-state index in [4.69, 9.17) is 9.94 Å². The summed E-state index contributed by atoms with van der Waals surface area (Å²) in [4.78, 5) is 16.0. The number of nitrogens with one attached hydrogen (secondary N) is 1. The molecule has 2 aromatic carbocycles. The smallest absolute Gasteiger partial charge is 0.243 e. The van der Waals surface area contributed by atoms with E-state index in [1.54, 1.807) is 12.6 Å². The fraction of sp³-hybridized carbons (Fsp3) is 0.381. The molecule has 6 heteroatoms. The van der Waals surface area contributed by atoms with Gasteiger partial charge >= 0.3 is 0 Å². The summed E-state index contributed by atoms with van der Waals surface area (Å²) in [6.07, 6.45) is 0.927. The largest absolute Gasteiger partial charge is 0.497 e. The van der Waals surface area contributed by atoms with Crippen LogP contribution in [0.2, 0.25) is 0 Å². The van der Waals surface area contributed by atoms with Crippen LogP contribution in [0.15, 0.2) is 48.5 Å². The highest BCUT2D eigenvalue weighted by Gasteiger charge is 2.17. The van der Waals surface area contributed by atoms with E-state index < -0.39 is 0 Å². The van der Waals surface area contributed by atoms with Crippen molar-refractivity contribution in [1.29, 1.82) is 0 Å². The molecule has 0 radical (unpaired) electrons. The Hall–Kier alpha value is -2.57. The first-order valence-corrected chi connectivity index (χ1v) is 9.30. The molecule has 0 saturated carbocycles. The quantitative estimate of drug-likeness (QED) is 0.580. The molecule has 0 unspecified atom stereocenters. The summed E-state index contributed by atoms with van der Waals surface area (Å²) in [5.41, 5.74) is 5.29. The third-order valence-electron chi connectivity index (χ3n) is 5.00. The van der Waals surface area contributed by atoms with Crippen molar-refractivity contribution in [3.63, 3.8) is 0 Å². The molecule has 1 aliphatic rings. The van der Waals surface area contributed by atoms with Gasteiger partial charge in [-0.1, -0.05) is 24.3 Å². The number of nitrogens with zero attached hydrogens (tertiary/aromatic N) is 2. The number of hydrogen-bond donors (Lipinski definition) is 2. The lowest BCUT2D eigenvalue weighted by Gasteiger charge is -2.36. The fourth-order valence-electron chi connectivity index (χ4n) is 3.34. The molecule has 1 saturated heterocycles. The first kappa shape index (κ1) is 19.2. The summed E-state index contributed by atoms with van der Waals surface area (Å²) in [7, 11) is 1.69.